The number of amides is 1. The monoisotopic (exact) mass is 292 g/mol. The van der Waals surface area contributed by atoms with Gasteiger partial charge in [0.15, 0.2) is 0 Å². The van der Waals surface area contributed by atoms with Gasteiger partial charge in [-0.15, -0.1) is 11.3 Å². The number of hydrogen-bond acceptors (Lipinski definition) is 6. The van der Waals surface area contributed by atoms with Crippen LogP contribution in [-0.4, -0.2) is 15.8 Å². The molecule has 0 atom stereocenters. The molecule has 1 aromatic heterocycles. The SMILES string of the molecule is Cc1ncc(CNc2ccc(C(N)=O)cc2[N+](=O)[O-])s1. The zero-order valence-corrected chi connectivity index (χ0v) is 11.4. The number of benzene rings is 1. The molecule has 0 saturated heterocycles. The molecule has 20 heavy (non-hydrogen) atoms. The first-order valence-electron chi connectivity index (χ1n) is 5.71. The molecule has 1 heterocycles. The molecule has 2 aromatic rings. The number of anilines is 1. The largest absolute Gasteiger partial charge is 0.375 e. The topological polar surface area (TPSA) is 111 Å². The van der Waals surface area contributed by atoms with Crippen LogP contribution in [0.3, 0.4) is 0 Å². The molecule has 0 aliphatic carbocycles. The van der Waals surface area contributed by atoms with E-state index in [0.29, 0.717) is 12.2 Å². The van der Waals surface area contributed by atoms with E-state index < -0.39 is 10.8 Å². The third-order valence-electron chi connectivity index (χ3n) is 2.60. The Kier molecular flexibility index (Phi) is 3.94. The second kappa shape index (κ2) is 5.66. The molecule has 0 aliphatic rings. The summed E-state index contributed by atoms with van der Waals surface area (Å²) in [6, 6.07) is 4.10. The van der Waals surface area contributed by atoms with E-state index >= 15 is 0 Å². The third-order valence-corrected chi connectivity index (χ3v) is 3.51. The van der Waals surface area contributed by atoms with Crippen LogP contribution >= 0.6 is 11.3 Å². The van der Waals surface area contributed by atoms with Crippen LogP contribution in [0.15, 0.2) is 24.4 Å². The van der Waals surface area contributed by atoms with Gasteiger partial charge in [-0.3, -0.25) is 14.9 Å². The Hall–Kier alpha value is -2.48. The lowest BCUT2D eigenvalue weighted by molar-refractivity contribution is -0.384. The number of nitrogens with two attached hydrogens (primary N) is 1. The van der Waals surface area contributed by atoms with Crippen molar-refractivity contribution in [3.05, 3.63) is 50.0 Å². The maximum Gasteiger partial charge on any atom is 0.293 e. The molecule has 8 heteroatoms. The number of aromatic nitrogens is 1. The fraction of sp³-hybridized carbons (Fsp3) is 0.167. The first kappa shape index (κ1) is 13.9. The smallest absolute Gasteiger partial charge is 0.293 e. The molecule has 1 amide bonds. The highest BCUT2D eigenvalue weighted by atomic mass is 32.1. The van der Waals surface area contributed by atoms with E-state index in [-0.39, 0.29) is 11.3 Å². The fourth-order valence-electron chi connectivity index (χ4n) is 1.65. The Morgan fingerprint density at radius 3 is 2.85 bits per heavy atom. The molecule has 0 radical (unpaired) electrons. The molecular weight excluding hydrogens is 280 g/mol. The molecule has 2 rings (SSSR count). The highest BCUT2D eigenvalue weighted by Gasteiger charge is 2.16. The van der Waals surface area contributed by atoms with Gasteiger partial charge in [0, 0.05) is 22.7 Å². The summed E-state index contributed by atoms with van der Waals surface area (Å²) in [4.78, 5) is 26.6. The lowest BCUT2D eigenvalue weighted by atomic mass is 10.1. The van der Waals surface area contributed by atoms with Crippen LogP contribution in [0.2, 0.25) is 0 Å². The van der Waals surface area contributed by atoms with Gasteiger partial charge in [0.25, 0.3) is 5.69 Å². The maximum atomic E-state index is 11.0. The van der Waals surface area contributed by atoms with Gasteiger partial charge in [-0.05, 0) is 19.1 Å². The lowest BCUT2D eigenvalue weighted by Crippen LogP contribution is -2.12. The van der Waals surface area contributed by atoms with Gasteiger partial charge in [0.1, 0.15) is 5.69 Å². The zero-order valence-electron chi connectivity index (χ0n) is 10.6. The first-order valence-corrected chi connectivity index (χ1v) is 6.52. The fourth-order valence-corrected chi connectivity index (χ4v) is 2.39. The van der Waals surface area contributed by atoms with Gasteiger partial charge in [-0.2, -0.15) is 0 Å². The zero-order chi connectivity index (χ0) is 14.7. The highest BCUT2D eigenvalue weighted by molar-refractivity contribution is 7.11. The van der Waals surface area contributed by atoms with E-state index in [9.17, 15) is 14.9 Å². The van der Waals surface area contributed by atoms with Gasteiger partial charge in [-0.25, -0.2) is 4.98 Å². The van der Waals surface area contributed by atoms with Gasteiger partial charge in [0.2, 0.25) is 5.91 Å². The number of nitrogens with zero attached hydrogens (tertiary/aromatic N) is 2. The summed E-state index contributed by atoms with van der Waals surface area (Å²) >= 11 is 1.51. The Bertz CT molecular complexity index is 668. The normalized spacial score (nSPS) is 10.2. The summed E-state index contributed by atoms with van der Waals surface area (Å²) in [5.41, 5.74) is 5.38. The number of nitro groups is 1. The number of carbonyl (C=O) groups excluding carboxylic acids is 1. The van der Waals surface area contributed by atoms with E-state index in [4.69, 9.17) is 5.73 Å². The molecule has 3 N–H and O–H groups in total. The third kappa shape index (κ3) is 3.09. The molecule has 0 unspecified atom stereocenters. The summed E-state index contributed by atoms with van der Waals surface area (Å²) in [6.45, 7) is 2.32. The number of nitro benzene ring substituents is 1. The van der Waals surface area contributed by atoms with Crippen molar-refractivity contribution in [1.82, 2.24) is 4.98 Å². The molecule has 0 spiro atoms. The number of carbonyl (C=O) groups is 1. The van der Waals surface area contributed by atoms with Crippen LogP contribution in [-0.2, 0) is 6.54 Å². The van der Waals surface area contributed by atoms with Crippen LogP contribution in [0.4, 0.5) is 11.4 Å². The quantitative estimate of drug-likeness (QED) is 0.647. The molecule has 104 valence electrons. The molecule has 0 fully saturated rings. The predicted molar refractivity (Wildman–Crippen MR) is 75.8 cm³/mol. The number of primary amides is 1. The van der Waals surface area contributed by atoms with E-state index in [1.165, 1.54) is 29.5 Å². The Morgan fingerprint density at radius 2 is 2.30 bits per heavy atom. The summed E-state index contributed by atoms with van der Waals surface area (Å²) in [6.07, 6.45) is 1.72. The van der Waals surface area contributed by atoms with Crippen molar-refractivity contribution in [2.24, 2.45) is 5.73 Å². The van der Waals surface area contributed by atoms with Crippen molar-refractivity contribution in [2.45, 2.75) is 13.5 Å². The van der Waals surface area contributed by atoms with Crippen molar-refractivity contribution in [3.8, 4) is 0 Å². The van der Waals surface area contributed by atoms with Crippen molar-refractivity contribution in [2.75, 3.05) is 5.32 Å². The predicted octanol–water partition coefficient (Wildman–Crippen LogP) is 2.07. The van der Waals surface area contributed by atoms with Gasteiger partial charge in [0.05, 0.1) is 16.5 Å². The number of aryl methyl sites for hydroxylation is 1. The minimum Gasteiger partial charge on any atom is -0.375 e. The molecule has 0 bridgehead atoms. The minimum absolute atomic E-state index is 0.107. The average molecular weight is 292 g/mol. The van der Waals surface area contributed by atoms with Crippen LogP contribution in [0.25, 0.3) is 0 Å². The standard InChI is InChI=1S/C12H12N4O3S/c1-7-14-5-9(20-7)6-15-10-3-2-8(12(13)17)4-11(10)16(18)19/h2-5,15H,6H2,1H3,(H2,13,17). The molecular formula is C12H12N4O3S. The summed E-state index contributed by atoms with van der Waals surface area (Å²) in [7, 11) is 0. The van der Waals surface area contributed by atoms with Crippen LogP contribution in [0.5, 0.6) is 0 Å². The molecule has 7 nitrogen and oxygen atoms in total. The second-order valence-corrected chi connectivity index (χ2v) is 5.37. The Balaban J connectivity index is 2.22. The Morgan fingerprint density at radius 1 is 1.55 bits per heavy atom. The summed E-state index contributed by atoms with van der Waals surface area (Å²) in [5.74, 6) is -0.697. The van der Waals surface area contributed by atoms with Gasteiger partial charge >= 0.3 is 0 Å². The number of thiazole rings is 1. The Labute approximate surface area is 118 Å². The highest BCUT2D eigenvalue weighted by Crippen LogP contribution is 2.26. The first-order chi connectivity index (χ1) is 9.47. The van der Waals surface area contributed by atoms with Gasteiger partial charge in [-0.1, -0.05) is 0 Å². The van der Waals surface area contributed by atoms with E-state index in [1.807, 2.05) is 6.92 Å². The van der Waals surface area contributed by atoms with Crippen LogP contribution < -0.4 is 11.1 Å². The van der Waals surface area contributed by atoms with E-state index in [0.717, 1.165) is 9.88 Å². The van der Waals surface area contributed by atoms with Crippen molar-refractivity contribution >= 4 is 28.6 Å². The summed E-state index contributed by atoms with van der Waals surface area (Å²) < 4.78 is 0. The van der Waals surface area contributed by atoms with E-state index in [1.54, 1.807) is 6.20 Å². The second-order valence-electron chi connectivity index (χ2n) is 4.05. The number of rotatable bonds is 5. The average Bonchev–Trinajstić information content (AvgIpc) is 2.81. The molecule has 1 aromatic carbocycles. The van der Waals surface area contributed by atoms with Crippen molar-refractivity contribution < 1.29 is 9.72 Å². The van der Waals surface area contributed by atoms with Crippen LogP contribution in [0.1, 0.15) is 20.2 Å². The van der Waals surface area contributed by atoms with Crippen LogP contribution in [0, 0.1) is 17.0 Å². The van der Waals surface area contributed by atoms with Crippen molar-refractivity contribution in [3.63, 3.8) is 0 Å². The lowest BCUT2D eigenvalue weighted by Gasteiger charge is -2.06. The summed E-state index contributed by atoms with van der Waals surface area (Å²) in [5, 5.41) is 14.9. The number of hydrogen-bond donors (Lipinski definition) is 2. The molecule has 0 saturated carbocycles. The minimum atomic E-state index is -0.697. The number of nitrogens with one attached hydrogen (secondary N) is 1. The van der Waals surface area contributed by atoms with Gasteiger partial charge < -0.3 is 11.1 Å². The molecule has 0 aliphatic heterocycles. The maximum absolute atomic E-state index is 11.0. The van der Waals surface area contributed by atoms with Crippen molar-refractivity contribution in [1.29, 1.82) is 0 Å². The van der Waals surface area contributed by atoms with E-state index in [2.05, 4.69) is 10.3 Å².